The number of nitrogens with one attached hydrogen (secondary N) is 1. The number of amides is 1. The minimum atomic E-state index is -0.132. The van der Waals surface area contributed by atoms with Crippen LogP contribution >= 0.6 is 0 Å². The Morgan fingerprint density at radius 3 is 2.32 bits per heavy atom. The Morgan fingerprint density at radius 2 is 1.52 bits per heavy atom. The van der Waals surface area contributed by atoms with Crippen LogP contribution < -0.4 is 5.32 Å². The number of nitrogens with zero attached hydrogens (tertiary/aromatic N) is 3. The van der Waals surface area contributed by atoms with Crippen molar-refractivity contribution in [3.05, 3.63) is 95.1 Å². The number of anilines is 1. The quantitative estimate of drug-likeness (QED) is 0.415. The Bertz CT molecular complexity index is 1460. The summed E-state index contributed by atoms with van der Waals surface area (Å²) < 4.78 is 0. The van der Waals surface area contributed by atoms with Gasteiger partial charge in [-0.25, -0.2) is 0 Å². The van der Waals surface area contributed by atoms with Gasteiger partial charge in [-0.1, -0.05) is 42.5 Å². The summed E-state index contributed by atoms with van der Waals surface area (Å²) in [7, 11) is 0. The third kappa shape index (κ3) is 3.44. The highest BCUT2D eigenvalue weighted by atomic mass is 16.1. The maximum absolute atomic E-state index is 12.8. The van der Waals surface area contributed by atoms with Gasteiger partial charge < -0.3 is 5.32 Å². The van der Waals surface area contributed by atoms with Crippen molar-refractivity contribution in [1.29, 1.82) is 0 Å². The molecule has 0 bridgehead atoms. The van der Waals surface area contributed by atoms with Gasteiger partial charge in [0, 0.05) is 16.6 Å². The van der Waals surface area contributed by atoms with E-state index in [2.05, 4.69) is 28.6 Å². The van der Waals surface area contributed by atoms with E-state index in [1.807, 2.05) is 75.4 Å². The van der Waals surface area contributed by atoms with Crippen LogP contribution in [0.5, 0.6) is 0 Å². The fourth-order valence-electron chi connectivity index (χ4n) is 3.77. The SMILES string of the molecule is Cc1ccc(C(=O)Nc2cc3nn(-c4cccc5ccccc45)nc3cc2C)cc1C. The number of aromatic nitrogens is 3. The number of aryl methyl sites for hydroxylation is 3. The normalized spacial score (nSPS) is 11.2. The van der Waals surface area contributed by atoms with Gasteiger partial charge in [-0.15, -0.1) is 15.0 Å². The molecule has 0 fully saturated rings. The van der Waals surface area contributed by atoms with Gasteiger partial charge in [0.1, 0.15) is 11.0 Å². The van der Waals surface area contributed by atoms with Crippen LogP contribution in [-0.4, -0.2) is 20.9 Å². The lowest BCUT2D eigenvalue weighted by molar-refractivity contribution is 0.102. The first-order valence-corrected chi connectivity index (χ1v) is 10.2. The second kappa shape index (κ2) is 7.36. The van der Waals surface area contributed by atoms with Gasteiger partial charge in [0.2, 0.25) is 0 Å². The van der Waals surface area contributed by atoms with Crippen LogP contribution in [0.4, 0.5) is 5.69 Å². The summed E-state index contributed by atoms with van der Waals surface area (Å²) in [5, 5.41) is 14.6. The first-order chi connectivity index (χ1) is 15.0. The van der Waals surface area contributed by atoms with E-state index in [1.165, 1.54) is 5.56 Å². The molecule has 0 saturated heterocycles. The summed E-state index contributed by atoms with van der Waals surface area (Å²) >= 11 is 0. The monoisotopic (exact) mass is 406 g/mol. The van der Waals surface area contributed by atoms with Crippen LogP contribution in [0.3, 0.4) is 0 Å². The Morgan fingerprint density at radius 1 is 0.774 bits per heavy atom. The summed E-state index contributed by atoms with van der Waals surface area (Å²) in [5.41, 5.74) is 7.02. The van der Waals surface area contributed by atoms with E-state index in [9.17, 15) is 4.79 Å². The first-order valence-electron chi connectivity index (χ1n) is 10.2. The van der Waals surface area contributed by atoms with Crippen molar-refractivity contribution in [2.75, 3.05) is 5.32 Å². The predicted molar refractivity (Wildman–Crippen MR) is 125 cm³/mol. The van der Waals surface area contributed by atoms with E-state index in [0.717, 1.165) is 44.3 Å². The molecule has 0 aliphatic rings. The summed E-state index contributed by atoms with van der Waals surface area (Å²) in [6.45, 7) is 6.01. The molecule has 0 atom stereocenters. The minimum Gasteiger partial charge on any atom is -0.322 e. The Balaban J connectivity index is 1.52. The van der Waals surface area contributed by atoms with Gasteiger partial charge in [0.25, 0.3) is 5.91 Å². The zero-order chi connectivity index (χ0) is 21.5. The lowest BCUT2D eigenvalue weighted by Crippen LogP contribution is -2.13. The molecule has 0 radical (unpaired) electrons. The molecule has 5 heteroatoms. The smallest absolute Gasteiger partial charge is 0.255 e. The average molecular weight is 406 g/mol. The Kier molecular flexibility index (Phi) is 4.51. The second-order valence-electron chi connectivity index (χ2n) is 7.90. The van der Waals surface area contributed by atoms with E-state index in [1.54, 1.807) is 4.80 Å². The largest absolute Gasteiger partial charge is 0.322 e. The lowest BCUT2D eigenvalue weighted by Gasteiger charge is -2.09. The molecule has 0 saturated carbocycles. The van der Waals surface area contributed by atoms with Crippen LogP contribution in [0.25, 0.3) is 27.5 Å². The van der Waals surface area contributed by atoms with Crippen molar-refractivity contribution in [1.82, 2.24) is 15.0 Å². The number of carbonyl (C=O) groups excluding carboxylic acids is 1. The molecule has 5 nitrogen and oxygen atoms in total. The second-order valence-corrected chi connectivity index (χ2v) is 7.90. The van der Waals surface area contributed by atoms with E-state index < -0.39 is 0 Å². The maximum Gasteiger partial charge on any atom is 0.255 e. The maximum atomic E-state index is 12.8. The Hall–Kier alpha value is -3.99. The number of fused-ring (bicyclic) bond motifs is 2. The van der Waals surface area contributed by atoms with Crippen LogP contribution in [0.1, 0.15) is 27.0 Å². The molecule has 5 aromatic rings. The lowest BCUT2D eigenvalue weighted by atomic mass is 10.1. The van der Waals surface area contributed by atoms with Gasteiger partial charge in [-0.2, -0.15) is 0 Å². The highest BCUT2D eigenvalue weighted by Crippen LogP contribution is 2.25. The summed E-state index contributed by atoms with van der Waals surface area (Å²) in [5.74, 6) is -0.132. The highest BCUT2D eigenvalue weighted by molar-refractivity contribution is 6.05. The highest BCUT2D eigenvalue weighted by Gasteiger charge is 2.13. The topological polar surface area (TPSA) is 59.8 Å². The zero-order valence-corrected chi connectivity index (χ0v) is 17.7. The molecular formula is C26H22N4O. The van der Waals surface area contributed by atoms with Gasteiger partial charge in [-0.05, 0) is 73.2 Å². The van der Waals surface area contributed by atoms with E-state index >= 15 is 0 Å². The van der Waals surface area contributed by atoms with Crippen LogP contribution in [0, 0.1) is 20.8 Å². The van der Waals surface area contributed by atoms with E-state index in [4.69, 9.17) is 5.10 Å². The van der Waals surface area contributed by atoms with E-state index in [-0.39, 0.29) is 5.91 Å². The number of hydrogen-bond donors (Lipinski definition) is 1. The molecule has 1 aromatic heterocycles. The first kappa shape index (κ1) is 19.0. The average Bonchev–Trinajstić information content (AvgIpc) is 3.17. The third-order valence-corrected chi connectivity index (χ3v) is 5.73. The molecule has 1 amide bonds. The van der Waals surface area contributed by atoms with Gasteiger partial charge in [-0.3, -0.25) is 4.79 Å². The summed E-state index contributed by atoms with van der Waals surface area (Å²) in [6.07, 6.45) is 0. The zero-order valence-electron chi connectivity index (χ0n) is 17.7. The molecule has 1 N–H and O–H groups in total. The van der Waals surface area contributed by atoms with Crippen molar-refractivity contribution in [3.63, 3.8) is 0 Å². The third-order valence-electron chi connectivity index (χ3n) is 5.73. The molecule has 1 heterocycles. The van der Waals surface area contributed by atoms with Gasteiger partial charge in [0.15, 0.2) is 0 Å². The molecule has 31 heavy (non-hydrogen) atoms. The van der Waals surface area contributed by atoms with Crippen LogP contribution in [0.2, 0.25) is 0 Å². The molecule has 4 aromatic carbocycles. The van der Waals surface area contributed by atoms with Crippen LogP contribution in [-0.2, 0) is 0 Å². The van der Waals surface area contributed by atoms with Crippen molar-refractivity contribution < 1.29 is 4.79 Å². The molecule has 0 unspecified atom stereocenters. The van der Waals surface area contributed by atoms with Gasteiger partial charge in [0.05, 0.1) is 5.69 Å². The number of benzene rings is 4. The van der Waals surface area contributed by atoms with Crippen molar-refractivity contribution in [3.8, 4) is 5.69 Å². The van der Waals surface area contributed by atoms with Crippen molar-refractivity contribution in [2.45, 2.75) is 20.8 Å². The van der Waals surface area contributed by atoms with Gasteiger partial charge >= 0.3 is 0 Å². The number of carbonyl (C=O) groups is 1. The minimum absolute atomic E-state index is 0.132. The van der Waals surface area contributed by atoms with Crippen LogP contribution in [0.15, 0.2) is 72.8 Å². The van der Waals surface area contributed by atoms with Crippen molar-refractivity contribution >= 4 is 33.4 Å². The Labute approximate surface area is 180 Å². The predicted octanol–water partition coefficient (Wildman–Crippen LogP) is 5.75. The standard InChI is InChI=1S/C26H22N4O/c1-16-11-12-20(13-17(16)2)26(31)27-22-15-24-23(14-18(22)3)28-30(29-24)25-10-6-8-19-7-4-5-9-21(19)25/h4-15H,1-3H3,(H,27,31). The van der Waals surface area contributed by atoms with E-state index in [0.29, 0.717) is 5.56 Å². The number of hydrogen-bond acceptors (Lipinski definition) is 3. The van der Waals surface area contributed by atoms with Crippen molar-refractivity contribution in [2.24, 2.45) is 0 Å². The molecule has 5 rings (SSSR count). The summed E-state index contributed by atoms with van der Waals surface area (Å²) in [4.78, 5) is 14.5. The number of rotatable bonds is 3. The molecular weight excluding hydrogens is 384 g/mol. The summed E-state index contributed by atoms with van der Waals surface area (Å²) in [6, 6.07) is 23.8. The fourth-order valence-corrected chi connectivity index (χ4v) is 3.77. The molecule has 152 valence electrons. The molecule has 0 aliphatic heterocycles. The molecule has 0 spiro atoms. The fraction of sp³-hybridized carbons (Fsp3) is 0.115. The molecule has 0 aliphatic carbocycles.